The molecule has 0 heterocycles. The van der Waals surface area contributed by atoms with Gasteiger partial charge in [0.1, 0.15) is 0 Å². The molecule has 0 amide bonds. The molecule has 0 aromatic carbocycles. The molecule has 0 aromatic heterocycles. The summed E-state index contributed by atoms with van der Waals surface area (Å²) in [4.78, 5) is 0. The Morgan fingerprint density at radius 3 is 1.21 bits per heavy atom. The fourth-order valence-electron chi connectivity index (χ4n) is 0.728. The predicted octanol–water partition coefficient (Wildman–Crippen LogP) is -3.54. The average molecular weight is 240 g/mol. The van der Waals surface area contributed by atoms with E-state index in [1.54, 1.807) is 0 Å². The summed E-state index contributed by atoms with van der Waals surface area (Å²) in [6, 6.07) is 0. The standard InChI is InChI=1S/C4H12N6O2S2/c5-1(11)9(3(7)13)10(2(6)12)4(8)14/h1-2,11-12H,5-6H2,(H2,7,13)(H2,8,14). The maximum atomic E-state index is 9.06. The lowest BCUT2D eigenvalue weighted by molar-refractivity contribution is -0.113. The highest BCUT2D eigenvalue weighted by molar-refractivity contribution is 7.80. The summed E-state index contributed by atoms with van der Waals surface area (Å²) in [6.07, 6.45) is -3.21. The molecule has 0 aliphatic carbocycles. The number of aliphatic hydroxyl groups excluding tert-OH is 2. The highest BCUT2D eigenvalue weighted by atomic mass is 32.1. The SMILES string of the molecule is NC(=S)N(C(N)O)N(C(N)=S)C(N)O. The number of nitrogens with two attached hydrogens (primary N) is 4. The zero-order chi connectivity index (χ0) is 11.5. The van der Waals surface area contributed by atoms with E-state index in [9.17, 15) is 0 Å². The van der Waals surface area contributed by atoms with E-state index < -0.39 is 12.7 Å². The van der Waals surface area contributed by atoms with Crippen molar-refractivity contribution >= 4 is 34.7 Å². The molecule has 2 atom stereocenters. The molecule has 0 bridgehead atoms. The number of nitrogens with zero attached hydrogens (tertiary/aromatic N) is 2. The lowest BCUT2D eigenvalue weighted by Crippen LogP contribution is -2.65. The van der Waals surface area contributed by atoms with Crippen molar-refractivity contribution in [2.45, 2.75) is 12.7 Å². The molecule has 0 aliphatic heterocycles. The van der Waals surface area contributed by atoms with E-state index in [0.717, 1.165) is 0 Å². The Morgan fingerprint density at radius 2 is 1.14 bits per heavy atom. The van der Waals surface area contributed by atoms with Gasteiger partial charge in [0.25, 0.3) is 0 Å². The van der Waals surface area contributed by atoms with Crippen molar-refractivity contribution in [3.63, 3.8) is 0 Å². The van der Waals surface area contributed by atoms with Crippen molar-refractivity contribution in [1.82, 2.24) is 10.0 Å². The van der Waals surface area contributed by atoms with Gasteiger partial charge in [0.2, 0.25) is 12.7 Å². The number of hydrogen-bond acceptors (Lipinski definition) is 6. The van der Waals surface area contributed by atoms with E-state index >= 15 is 0 Å². The van der Waals surface area contributed by atoms with Crippen molar-refractivity contribution < 1.29 is 10.2 Å². The molecule has 82 valence electrons. The summed E-state index contributed by atoms with van der Waals surface area (Å²) in [5.74, 6) is 0. The summed E-state index contributed by atoms with van der Waals surface area (Å²) >= 11 is 9.10. The van der Waals surface area contributed by atoms with Gasteiger partial charge in [-0.1, -0.05) is 0 Å². The van der Waals surface area contributed by atoms with Gasteiger partial charge in [0.05, 0.1) is 0 Å². The zero-order valence-electron chi connectivity index (χ0n) is 7.07. The van der Waals surface area contributed by atoms with Crippen LogP contribution in [0.15, 0.2) is 0 Å². The second-order valence-corrected chi connectivity index (χ2v) is 3.03. The molecule has 0 saturated heterocycles. The van der Waals surface area contributed by atoms with Crippen molar-refractivity contribution in [2.24, 2.45) is 22.9 Å². The molecule has 2 unspecified atom stereocenters. The third-order valence-electron chi connectivity index (χ3n) is 1.18. The van der Waals surface area contributed by atoms with Crippen LogP contribution in [0, 0.1) is 0 Å². The molecule has 0 aromatic rings. The Kier molecular flexibility index (Phi) is 4.90. The van der Waals surface area contributed by atoms with Gasteiger partial charge in [-0.3, -0.25) is 11.5 Å². The molecule has 10 heteroatoms. The van der Waals surface area contributed by atoms with Gasteiger partial charge in [-0.15, -0.1) is 0 Å². The minimum absolute atomic E-state index is 0.336. The van der Waals surface area contributed by atoms with E-state index in [4.69, 9.17) is 33.1 Å². The number of hydrazine groups is 1. The van der Waals surface area contributed by atoms with Gasteiger partial charge in [-0.2, -0.15) is 0 Å². The summed E-state index contributed by atoms with van der Waals surface area (Å²) < 4.78 is 0. The highest BCUT2D eigenvalue weighted by Gasteiger charge is 2.26. The number of thiocarbonyl (C=S) groups is 2. The van der Waals surface area contributed by atoms with E-state index in [2.05, 4.69) is 24.4 Å². The first-order valence-corrected chi connectivity index (χ1v) is 4.15. The third-order valence-corrected chi connectivity index (χ3v) is 1.56. The van der Waals surface area contributed by atoms with Crippen LogP contribution in [0.2, 0.25) is 0 Å². The molecular formula is C4H12N6O2S2. The van der Waals surface area contributed by atoms with Crippen molar-refractivity contribution in [3.05, 3.63) is 0 Å². The Bertz CT molecular complexity index is 210. The lowest BCUT2D eigenvalue weighted by atomic mass is 10.7. The maximum absolute atomic E-state index is 9.06. The predicted molar refractivity (Wildman–Crippen MR) is 57.6 cm³/mol. The Labute approximate surface area is 91.0 Å². The molecule has 0 rings (SSSR count). The number of aliphatic hydroxyl groups is 2. The van der Waals surface area contributed by atoms with Gasteiger partial charge in [0, 0.05) is 0 Å². The minimum atomic E-state index is -1.60. The van der Waals surface area contributed by atoms with Crippen LogP contribution < -0.4 is 22.9 Å². The molecule has 0 fully saturated rings. The minimum Gasteiger partial charge on any atom is -0.375 e. The van der Waals surface area contributed by atoms with Crippen LogP contribution in [0.3, 0.4) is 0 Å². The molecule has 0 saturated carbocycles. The van der Waals surface area contributed by atoms with Crippen LogP contribution in [0.5, 0.6) is 0 Å². The van der Waals surface area contributed by atoms with E-state index in [-0.39, 0.29) is 10.2 Å². The van der Waals surface area contributed by atoms with E-state index in [1.165, 1.54) is 0 Å². The molecular weight excluding hydrogens is 228 g/mol. The van der Waals surface area contributed by atoms with Crippen LogP contribution in [0.1, 0.15) is 0 Å². The molecule has 10 N–H and O–H groups in total. The molecule has 0 radical (unpaired) electrons. The molecule has 14 heavy (non-hydrogen) atoms. The number of hydrogen-bond donors (Lipinski definition) is 6. The lowest BCUT2D eigenvalue weighted by Gasteiger charge is -2.37. The Morgan fingerprint density at radius 1 is 0.929 bits per heavy atom. The number of rotatable bonds is 2. The van der Waals surface area contributed by atoms with Crippen LogP contribution in [-0.4, -0.2) is 43.2 Å². The van der Waals surface area contributed by atoms with Crippen molar-refractivity contribution in [1.29, 1.82) is 0 Å². The van der Waals surface area contributed by atoms with Crippen LogP contribution in [-0.2, 0) is 0 Å². The summed E-state index contributed by atoms with van der Waals surface area (Å²) in [5, 5.41) is 18.8. The summed E-state index contributed by atoms with van der Waals surface area (Å²) in [7, 11) is 0. The fraction of sp³-hybridized carbons (Fsp3) is 0.500. The first-order chi connectivity index (χ1) is 6.29. The smallest absolute Gasteiger partial charge is 0.202 e. The van der Waals surface area contributed by atoms with Gasteiger partial charge in [-0.05, 0) is 24.4 Å². The maximum Gasteiger partial charge on any atom is 0.202 e. The first-order valence-electron chi connectivity index (χ1n) is 3.33. The molecule has 0 aliphatic rings. The Hall–Kier alpha value is -0.780. The van der Waals surface area contributed by atoms with Gasteiger partial charge in [-0.25, -0.2) is 10.0 Å². The van der Waals surface area contributed by atoms with Crippen LogP contribution >= 0.6 is 24.4 Å². The monoisotopic (exact) mass is 240 g/mol. The van der Waals surface area contributed by atoms with E-state index in [1.807, 2.05) is 0 Å². The van der Waals surface area contributed by atoms with E-state index in [0.29, 0.717) is 10.0 Å². The second-order valence-electron chi connectivity index (χ2n) is 2.19. The van der Waals surface area contributed by atoms with Crippen molar-refractivity contribution in [2.75, 3.05) is 0 Å². The largest absolute Gasteiger partial charge is 0.375 e. The summed E-state index contributed by atoms with van der Waals surface area (Å²) in [5.41, 5.74) is 20.6. The fourth-order valence-corrected chi connectivity index (χ4v) is 1.12. The zero-order valence-corrected chi connectivity index (χ0v) is 8.70. The molecule has 8 nitrogen and oxygen atoms in total. The van der Waals surface area contributed by atoms with Gasteiger partial charge in [0.15, 0.2) is 10.2 Å². The second kappa shape index (κ2) is 5.19. The highest BCUT2D eigenvalue weighted by Crippen LogP contribution is 2.01. The van der Waals surface area contributed by atoms with Crippen LogP contribution in [0.25, 0.3) is 0 Å². The Balaban J connectivity index is 4.93. The average Bonchev–Trinajstić information content (AvgIpc) is 1.96. The normalized spacial score (nSPS) is 14.3. The van der Waals surface area contributed by atoms with Gasteiger partial charge >= 0.3 is 0 Å². The van der Waals surface area contributed by atoms with Gasteiger partial charge < -0.3 is 21.7 Å². The third kappa shape index (κ3) is 3.17. The topological polar surface area (TPSA) is 151 Å². The first kappa shape index (κ1) is 13.2. The molecule has 0 spiro atoms. The quantitative estimate of drug-likeness (QED) is 0.163. The van der Waals surface area contributed by atoms with Crippen LogP contribution in [0.4, 0.5) is 0 Å². The van der Waals surface area contributed by atoms with Crippen molar-refractivity contribution in [3.8, 4) is 0 Å². The summed E-state index contributed by atoms with van der Waals surface area (Å²) in [6.45, 7) is 0.